The topological polar surface area (TPSA) is 6.48 Å². The lowest BCUT2D eigenvalue weighted by molar-refractivity contribution is 0.0675. The summed E-state index contributed by atoms with van der Waals surface area (Å²) < 4.78 is 0. The first-order valence-corrected chi connectivity index (χ1v) is 7.09. The highest BCUT2D eigenvalue weighted by Gasteiger charge is 2.25. The van der Waals surface area contributed by atoms with Gasteiger partial charge in [0.05, 0.1) is 0 Å². The second kappa shape index (κ2) is 6.75. The van der Waals surface area contributed by atoms with Crippen LogP contribution in [0.2, 0.25) is 0 Å². The van der Waals surface area contributed by atoms with Crippen molar-refractivity contribution in [2.24, 2.45) is 0 Å². The largest absolute Gasteiger partial charge is 0.297 e. The zero-order valence-electron chi connectivity index (χ0n) is 13.5. The van der Waals surface area contributed by atoms with E-state index in [-0.39, 0.29) is 5.54 Å². The number of rotatable bonds is 6. The van der Waals surface area contributed by atoms with E-state index in [9.17, 15) is 0 Å². The molecule has 0 heterocycles. The molecule has 0 aliphatic rings. The van der Waals surface area contributed by atoms with Gasteiger partial charge in [-0.2, -0.15) is 0 Å². The molecule has 0 aliphatic heterocycles. The second-order valence-corrected chi connectivity index (χ2v) is 6.88. The van der Waals surface area contributed by atoms with Crippen molar-refractivity contribution in [1.82, 2.24) is 9.80 Å². The van der Waals surface area contributed by atoms with E-state index < -0.39 is 0 Å². The first-order chi connectivity index (χ1) is 7.57. The van der Waals surface area contributed by atoms with Crippen LogP contribution in [-0.4, -0.2) is 46.6 Å². The van der Waals surface area contributed by atoms with Crippen molar-refractivity contribution in [3.8, 4) is 0 Å². The third-order valence-corrected chi connectivity index (χ3v) is 3.41. The van der Waals surface area contributed by atoms with Gasteiger partial charge in [-0.15, -0.1) is 0 Å². The third-order valence-electron chi connectivity index (χ3n) is 3.41. The Kier molecular flexibility index (Phi) is 6.71. The van der Waals surface area contributed by atoms with Crippen molar-refractivity contribution in [1.29, 1.82) is 0 Å². The fourth-order valence-electron chi connectivity index (χ4n) is 2.70. The van der Waals surface area contributed by atoms with Crippen molar-refractivity contribution >= 4 is 0 Å². The van der Waals surface area contributed by atoms with Crippen LogP contribution in [-0.2, 0) is 0 Å². The fraction of sp³-hybridized carbons (Fsp3) is 1.00. The maximum atomic E-state index is 2.59. The SMILES string of the molecule is CC(C)N(CCN(C(C)C)C(C)(C)C)C(C)C. The number of hydrogen-bond donors (Lipinski definition) is 0. The monoisotopic (exact) mass is 242 g/mol. The van der Waals surface area contributed by atoms with Crippen LogP contribution in [0.15, 0.2) is 0 Å². The average Bonchev–Trinajstić information content (AvgIpc) is 2.07. The van der Waals surface area contributed by atoms with Crippen LogP contribution in [0.3, 0.4) is 0 Å². The molecule has 2 heteroatoms. The van der Waals surface area contributed by atoms with Gasteiger partial charge in [-0.05, 0) is 62.3 Å². The molecule has 0 amide bonds. The van der Waals surface area contributed by atoms with E-state index in [2.05, 4.69) is 72.1 Å². The van der Waals surface area contributed by atoms with Crippen molar-refractivity contribution in [3.63, 3.8) is 0 Å². The molecular formula is C15H34N2. The molecule has 0 spiro atoms. The molecule has 0 radical (unpaired) electrons. The van der Waals surface area contributed by atoms with Gasteiger partial charge < -0.3 is 0 Å². The summed E-state index contributed by atoms with van der Waals surface area (Å²) in [6, 6.07) is 1.86. The molecule has 2 nitrogen and oxygen atoms in total. The van der Waals surface area contributed by atoms with Gasteiger partial charge in [0.1, 0.15) is 0 Å². The summed E-state index contributed by atoms with van der Waals surface area (Å²) in [6.45, 7) is 23.0. The summed E-state index contributed by atoms with van der Waals surface area (Å²) >= 11 is 0. The summed E-state index contributed by atoms with van der Waals surface area (Å²) in [7, 11) is 0. The van der Waals surface area contributed by atoms with Crippen molar-refractivity contribution in [2.45, 2.75) is 86.0 Å². The van der Waals surface area contributed by atoms with Gasteiger partial charge in [-0.3, -0.25) is 9.80 Å². The van der Waals surface area contributed by atoms with Gasteiger partial charge in [0.15, 0.2) is 0 Å². The van der Waals surface area contributed by atoms with E-state index in [1.807, 2.05) is 0 Å². The van der Waals surface area contributed by atoms with Gasteiger partial charge >= 0.3 is 0 Å². The Balaban J connectivity index is 4.49. The first kappa shape index (κ1) is 16.9. The van der Waals surface area contributed by atoms with Gasteiger partial charge in [0, 0.05) is 36.8 Å². The lowest BCUT2D eigenvalue weighted by Crippen LogP contribution is -2.50. The quantitative estimate of drug-likeness (QED) is 0.702. The van der Waals surface area contributed by atoms with Crippen LogP contribution < -0.4 is 0 Å². The molecule has 0 N–H and O–H groups in total. The molecule has 0 rings (SSSR count). The fourth-order valence-corrected chi connectivity index (χ4v) is 2.70. The van der Waals surface area contributed by atoms with Gasteiger partial charge in [-0.25, -0.2) is 0 Å². The Labute approximate surface area is 109 Å². The van der Waals surface area contributed by atoms with E-state index in [4.69, 9.17) is 0 Å². The molecule has 0 saturated carbocycles. The Morgan fingerprint density at radius 3 is 1.35 bits per heavy atom. The van der Waals surface area contributed by atoms with Crippen molar-refractivity contribution in [3.05, 3.63) is 0 Å². The molecule has 0 atom stereocenters. The van der Waals surface area contributed by atoms with E-state index in [1.165, 1.54) is 0 Å². The van der Waals surface area contributed by atoms with Gasteiger partial charge in [0.2, 0.25) is 0 Å². The van der Waals surface area contributed by atoms with E-state index in [1.54, 1.807) is 0 Å². The molecule has 0 aliphatic carbocycles. The second-order valence-electron chi connectivity index (χ2n) is 6.88. The van der Waals surface area contributed by atoms with Crippen LogP contribution >= 0.6 is 0 Å². The van der Waals surface area contributed by atoms with E-state index >= 15 is 0 Å². The highest BCUT2D eigenvalue weighted by atomic mass is 15.3. The van der Waals surface area contributed by atoms with Crippen LogP contribution in [0.25, 0.3) is 0 Å². The minimum absolute atomic E-state index is 0.258. The predicted octanol–water partition coefficient (Wildman–Crippen LogP) is 3.61. The molecule has 104 valence electrons. The molecule has 17 heavy (non-hydrogen) atoms. The van der Waals surface area contributed by atoms with Gasteiger partial charge in [-0.1, -0.05) is 0 Å². The van der Waals surface area contributed by atoms with E-state index in [0.717, 1.165) is 13.1 Å². The van der Waals surface area contributed by atoms with E-state index in [0.29, 0.717) is 18.1 Å². The lowest BCUT2D eigenvalue weighted by Gasteiger charge is -2.41. The standard InChI is InChI=1S/C15H34N2/c1-12(2)16(13(3)4)10-11-17(14(5)6)15(7,8)9/h12-14H,10-11H2,1-9H3. The number of hydrogen-bond acceptors (Lipinski definition) is 2. The molecule has 0 unspecified atom stereocenters. The maximum Gasteiger partial charge on any atom is 0.0128 e. The third kappa shape index (κ3) is 5.87. The zero-order valence-corrected chi connectivity index (χ0v) is 13.5. The van der Waals surface area contributed by atoms with Gasteiger partial charge in [0.25, 0.3) is 0 Å². The minimum Gasteiger partial charge on any atom is -0.297 e. The molecule has 0 aromatic carbocycles. The van der Waals surface area contributed by atoms with Crippen LogP contribution in [0.5, 0.6) is 0 Å². The minimum atomic E-state index is 0.258. The summed E-state index contributed by atoms with van der Waals surface area (Å²) in [5.41, 5.74) is 0.258. The normalized spacial score (nSPS) is 13.8. The van der Waals surface area contributed by atoms with Crippen LogP contribution in [0, 0.1) is 0 Å². The maximum absolute atomic E-state index is 2.59. The highest BCUT2D eigenvalue weighted by Crippen LogP contribution is 2.17. The zero-order chi connectivity index (χ0) is 13.8. The summed E-state index contributed by atoms with van der Waals surface area (Å²) in [5, 5.41) is 0. The Hall–Kier alpha value is -0.0800. The van der Waals surface area contributed by atoms with Crippen molar-refractivity contribution < 1.29 is 0 Å². The van der Waals surface area contributed by atoms with Crippen molar-refractivity contribution in [2.75, 3.05) is 13.1 Å². The molecule has 0 aromatic rings. The number of nitrogens with zero attached hydrogens (tertiary/aromatic N) is 2. The summed E-state index contributed by atoms with van der Waals surface area (Å²) in [5.74, 6) is 0. The summed E-state index contributed by atoms with van der Waals surface area (Å²) in [4.78, 5) is 5.16. The lowest BCUT2D eigenvalue weighted by atomic mass is 10.0. The summed E-state index contributed by atoms with van der Waals surface area (Å²) in [6.07, 6.45) is 0. The first-order valence-electron chi connectivity index (χ1n) is 7.09. The average molecular weight is 242 g/mol. The molecular weight excluding hydrogens is 208 g/mol. The van der Waals surface area contributed by atoms with Crippen LogP contribution in [0.1, 0.15) is 62.3 Å². The Morgan fingerprint density at radius 1 is 0.706 bits per heavy atom. The predicted molar refractivity (Wildman–Crippen MR) is 78.6 cm³/mol. The molecule has 0 bridgehead atoms. The Bertz CT molecular complexity index is 193. The van der Waals surface area contributed by atoms with Crippen LogP contribution in [0.4, 0.5) is 0 Å². The smallest absolute Gasteiger partial charge is 0.0128 e. The molecule has 0 fully saturated rings. The highest BCUT2D eigenvalue weighted by molar-refractivity contribution is 4.81. The molecule has 0 aromatic heterocycles. The molecule has 0 saturated heterocycles. The Morgan fingerprint density at radius 2 is 1.12 bits per heavy atom.